The normalized spacial score (nSPS) is 11.0. The molecule has 0 amide bonds. The van der Waals surface area contributed by atoms with E-state index >= 15 is 0 Å². The maximum Gasteiger partial charge on any atom is 0.332 e. The Kier molecular flexibility index (Phi) is 7.36. The summed E-state index contributed by atoms with van der Waals surface area (Å²) in [6.45, 7) is 4.14. The van der Waals surface area contributed by atoms with E-state index < -0.39 is 17.0 Å². The Morgan fingerprint density at radius 2 is 2.00 bits per heavy atom. The van der Waals surface area contributed by atoms with Crippen molar-refractivity contribution in [1.82, 2.24) is 19.3 Å². The van der Waals surface area contributed by atoms with Gasteiger partial charge < -0.3 is 15.8 Å². The SMILES string of the molecule is COc1ccccc1Nc1nnc(SCC(=O)c2c(N)n(CC(C)C)c(=O)n(C)c2=O)s1. The minimum atomic E-state index is -0.700. The number of anilines is 3. The van der Waals surface area contributed by atoms with Crippen LogP contribution in [0.5, 0.6) is 5.75 Å². The number of ketones is 1. The van der Waals surface area contributed by atoms with Crippen LogP contribution in [-0.2, 0) is 13.6 Å². The zero-order chi connectivity index (χ0) is 23.4. The fourth-order valence-electron chi connectivity index (χ4n) is 2.97. The summed E-state index contributed by atoms with van der Waals surface area (Å²) in [6.07, 6.45) is 0. The second-order valence-electron chi connectivity index (χ2n) is 7.32. The molecule has 0 bridgehead atoms. The molecular weight excluding hydrogens is 452 g/mol. The Bertz CT molecular complexity index is 1250. The van der Waals surface area contributed by atoms with Gasteiger partial charge in [0.15, 0.2) is 10.1 Å². The fraction of sp³-hybridized carbons (Fsp3) is 0.350. The zero-order valence-corrected chi connectivity index (χ0v) is 19.7. The fourth-order valence-corrected chi connectivity index (χ4v) is 4.60. The van der Waals surface area contributed by atoms with Gasteiger partial charge in [-0.3, -0.25) is 18.7 Å². The van der Waals surface area contributed by atoms with Crippen LogP contribution in [0.4, 0.5) is 16.6 Å². The lowest BCUT2D eigenvalue weighted by atomic mass is 10.2. The molecule has 3 N–H and O–H groups in total. The number of methoxy groups -OCH3 is 1. The molecule has 10 nitrogen and oxygen atoms in total. The molecule has 0 saturated carbocycles. The van der Waals surface area contributed by atoms with E-state index in [0.29, 0.717) is 21.8 Å². The maximum atomic E-state index is 12.8. The monoisotopic (exact) mass is 476 g/mol. The van der Waals surface area contributed by atoms with Gasteiger partial charge in [-0.1, -0.05) is 49.1 Å². The molecule has 0 saturated heterocycles. The van der Waals surface area contributed by atoms with Gasteiger partial charge in [0.25, 0.3) is 5.56 Å². The molecule has 3 aromatic rings. The van der Waals surface area contributed by atoms with Crippen molar-refractivity contribution in [3.8, 4) is 5.75 Å². The predicted molar refractivity (Wildman–Crippen MR) is 126 cm³/mol. The molecule has 0 atom stereocenters. The summed E-state index contributed by atoms with van der Waals surface area (Å²) in [4.78, 5) is 37.8. The Morgan fingerprint density at radius 1 is 1.28 bits per heavy atom. The summed E-state index contributed by atoms with van der Waals surface area (Å²) >= 11 is 2.41. The quantitative estimate of drug-likeness (QED) is 0.352. The lowest BCUT2D eigenvalue weighted by molar-refractivity contribution is 0.102. The lowest BCUT2D eigenvalue weighted by Gasteiger charge is -2.15. The number of thioether (sulfide) groups is 1. The number of aromatic nitrogens is 4. The first-order valence-electron chi connectivity index (χ1n) is 9.71. The van der Waals surface area contributed by atoms with Crippen molar-refractivity contribution in [3.05, 3.63) is 50.7 Å². The van der Waals surface area contributed by atoms with Crippen LogP contribution in [0, 0.1) is 5.92 Å². The highest BCUT2D eigenvalue weighted by molar-refractivity contribution is 8.01. The van der Waals surface area contributed by atoms with E-state index in [1.54, 1.807) is 7.11 Å². The molecule has 1 aromatic carbocycles. The first kappa shape index (κ1) is 23.5. The van der Waals surface area contributed by atoms with Crippen molar-refractivity contribution in [3.63, 3.8) is 0 Å². The average Bonchev–Trinajstić information content (AvgIpc) is 3.21. The van der Waals surface area contributed by atoms with Crippen LogP contribution < -0.4 is 27.0 Å². The summed E-state index contributed by atoms with van der Waals surface area (Å²) in [5.74, 6) is 0.131. The summed E-state index contributed by atoms with van der Waals surface area (Å²) in [5, 5.41) is 11.8. The number of hydrogen-bond acceptors (Lipinski definition) is 10. The van der Waals surface area contributed by atoms with Crippen LogP contribution in [0.3, 0.4) is 0 Å². The Morgan fingerprint density at radius 3 is 2.69 bits per heavy atom. The number of carbonyl (C=O) groups excluding carboxylic acids is 1. The van der Waals surface area contributed by atoms with Gasteiger partial charge >= 0.3 is 5.69 Å². The summed E-state index contributed by atoms with van der Waals surface area (Å²) < 4.78 is 8.03. The van der Waals surface area contributed by atoms with Crippen LogP contribution in [0.1, 0.15) is 24.2 Å². The van der Waals surface area contributed by atoms with Gasteiger partial charge in [-0.2, -0.15) is 0 Å². The number of nitrogens with one attached hydrogen (secondary N) is 1. The van der Waals surface area contributed by atoms with Crippen molar-refractivity contribution < 1.29 is 9.53 Å². The minimum absolute atomic E-state index is 0.0669. The van der Waals surface area contributed by atoms with Gasteiger partial charge in [0.2, 0.25) is 5.13 Å². The van der Waals surface area contributed by atoms with E-state index in [1.165, 1.54) is 23.0 Å². The van der Waals surface area contributed by atoms with Crippen molar-refractivity contribution >= 4 is 45.5 Å². The highest BCUT2D eigenvalue weighted by Crippen LogP contribution is 2.31. The van der Waals surface area contributed by atoms with Crippen LogP contribution in [0.25, 0.3) is 0 Å². The van der Waals surface area contributed by atoms with Crippen LogP contribution in [-0.4, -0.2) is 38.0 Å². The van der Waals surface area contributed by atoms with Crippen molar-refractivity contribution in [1.29, 1.82) is 0 Å². The molecule has 0 aliphatic heterocycles. The molecule has 0 fully saturated rings. The minimum Gasteiger partial charge on any atom is -0.495 e. The van der Waals surface area contributed by atoms with Crippen molar-refractivity contribution in [2.24, 2.45) is 13.0 Å². The number of Topliss-reactive ketones (excluding diaryl/α,β-unsaturated/α-hetero) is 1. The number of rotatable bonds is 9. The van der Waals surface area contributed by atoms with E-state index in [9.17, 15) is 14.4 Å². The largest absolute Gasteiger partial charge is 0.495 e. The molecule has 0 aliphatic rings. The number of hydrogen-bond donors (Lipinski definition) is 2. The third-order valence-electron chi connectivity index (χ3n) is 4.49. The third-order valence-corrected chi connectivity index (χ3v) is 6.46. The molecular formula is C20H24N6O4S2. The smallest absolute Gasteiger partial charge is 0.332 e. The predicted octanol–water partition coefficient (Wildman–Crippen LogP) is 2.36. The number of nitrogens with two attached hydrogens (primary N) is 1. The van der Waals surface area contributed by atoms with E-state index in [-0.39, 0.29) is 23.1 Å². The number of carbonyl (C=O) groups is 1. The topological polar surface area (TPSA) is 134 Å². The molecule has 0 spiro atoms. The zero-order valence-electron chi connectivity index (χ0n) is 18.1. The standard InChI is InChI=1S/C20H24N6O4S2/c1-11(2)9-26-16(21)15(17(28)25(3)20(26)29)13(27)10-31-19-24-23-18(32-19)22-12-7-5-6-8-14(12)30-4/h5-8,11H,9-10,21H2,1-4H3,(H,22,23). The number of nitrogens with zero attached hydrogens (tertiary/aromatic N) is 4. The van der Waals surface area contributed by atoms with Crippen LogP contribution in [0.2, 0.25) is 0 Å². The van der Waals surface area contributed by atoms with Gasteiger partial charge in [-0.25, -0.2) is 4.79 Å². The molecule has 3 rings (SSSR count). The molecule has 0 aliphatic carbocycles. The average molecular weight is 477 g/mol. The molecule has 2 aromatic heterocycles. The Labute approximate surface area is 192 Å². The Hall–Kier alpha value is -3.12. The van der Waals surface area contributed by atoms with Gasteiger partial charge in [0, 0.05) is 13.6 Å². The van der Waals surface area contributed by atoms with Crippen molar-refractivity contribution in [2.75, 3.05) is 23.9 Å². The van der Waals surface area contributed by atoms with Gasteiger partial charge in [-0.05, 0) is 18.1 Å². The summed E-state index contributed by atoms with van der Waals surface area (Å²) in [5.41, 5.74) is 5.38. The molecule has 2 heterocycles. The molecule has 32 heavy (non-hydrogen) atoms. The van der Waals surface area contributed by atoms with E-state index in [4.69, 9.17) is 10.5 Å². The number of ether oxygens (including phenoxy) is 1. The molecule has 0 radical (unpaired) electrons. The number of nitrogen functional groups attached to an aromatic ring is 1. The van der Waals surface area contributed by atoms with Crippen LogP contribution >= 0.6 is 23.1 Å². The maximum absolute atomic E-state index is 12.8. The van der Waals surface area contributed by atoms with Gasteiger partial charge in [0.1, 0.15) is 17.1 Å². The van der Waals surface area contributed by atoms with E-state index in [1.807, 2.05) is 38.1 Å². The second-order valence-corrected chi connectivity index (χ2v) is 9.52. The second kappa shape index (κ2) is 10.0. The third kappa shape index (κ3) is 5.02. The summed E-state index contributed by atoms with van der Waals surface area (Å²) in [6, 6.07) is 7.39. The first-order valence-corrected chi connectivity index (χ1v) is 11.5. The van der Waals surface area contributed by atoms with E-state index in [0.717, 1.165) is 22.0 Å². The lowest BCUT2D eigenvalue weighted by Crippen LogP contribution is -2.43. The number of benzene rings is 1. The first-order chi connectivity index (χ1) is 15.2. The highest BCUT2D eigenvalue weighted by Gasteiger charge is 2.22. The van der Waals surface area contributed by atoms with Gasteiger partial charge in [-0.15, -0.1) is 10.2 Å². The van der Waals surface area contributed by atoms with Crippen molar-refractivity contribution in [2.45, 2.75) is 24.7 Å². The number of para-hydroxylation sites is 2. The summed E-state index contributed by atoms with van der Waals surface area (Å²) in [7, 11) is 2.92. The highest BCUT2D eigenvalue weighted by atomic mass is 32.2. The van der Waals surface area contributed by atoms with E-state index in [2.05, 4.69) is 15.5 Å². The molecule has 0 unspecified atom stereocenters. The molecule has 12 heteroatoms. The Balaban J connectivity index is 1.76. The van der Waals surface area contributed by atoms with Gasteiger partial charge in [0.05, 0.1) is 18.6 Å². The molecule has 170 valence electrons. The van der Waals surface area contributed by atoms with Crippen LogP contribution in [0.15, 0.2) is 38.2 Å².